The first-order valence-corrected chi connectivity index (χ1v) is 13.6. The summed E-state index contributed by atoms with van der Waals surface area (Å²) in [7, 11) is 1.70. The summed E-state index contributed by atoms with van der Waals surface area (Å²) in [5.74, 6) is 1.51. The number of para-hydroxylation sites is 2. The molecule has 1 saturated heterocycles. The number of aromatic nitrogens is 5. The zero-order chi connectivity index (χ0) is 27.6. The molecule has 1 unspecified atom stereocenters. The number of nitrogens with one attached hydrogen (secondary N) is 1. The van der Waals surface area contributed by atoms with E-state index >= 15 is 0 Å². The summed E-state index contributed by atoms with van der Waals surface area (Å²) in [6.07, 6.45) is 0. The molecule has 0 spiro atoms. The van der Waals surface area contributed by atoms with Gasteiger partial charge in [0.1, 0.15) is 11.8 Å². The average molecular weight is 536 g/mol. The SMILES string of the molecule is COc1ccccc1N1CCN(C(c2cc3ccc(C)c(C)c3[nH]c2=O)c2nnnn2Cc2ccccc2)CC1. The Hall–Kier alpha value is -4.50. The van der Waals surface area contributed by atoms with Gasteiger partial charge in [0.15, 0.2) is 5.82 Å². The van der Waals surface area contributed by atoms with Crippen molar-refractivity contribution in [3.63, 3.8) is 0 Å². The molecule has 9 nitrogen and oxygen atoms in total. The van der Waals surface area contributed by atoms with Gasteiger partial charge < -0.3 is 14.6 Å². The van der Waals surface area contributed by atoms with Crippen molar-refractivity contribution < 1.29 is 4.74 Å². The molecule has 1 atom stereocenters. The first-order chi connectivity index (χ1) is 19.5. The molecule has 2 aromatic heterocycles. The number of nitrogens with zero attached hydrogens (tertiary/aromatic N) is 6. The van der Waals surface area contributed by atoms with Crippen LogP contribution in [0.2, 0.25) is 0 Å². The molecule has 204 valence electrons. The second kappa shape index (κ2) is 10.9. The van der Waals surface area contributed by atoms with Crippen molar-refractivity contribution in [1.29, 1.82) is 0 Å². The number of pyridine rings is 1. The first kappa shape index (κ1) is 25.8. The second-order valence-electron chi connectivity index (χ2n) is 10.3. The zero-order valence-electron chi connectivity index (χ0n) is 23.0. The van der Waals surface area contributed by atoms with Gasteiger partial charge in [-0.3, -0.25) is 9.69 Å². The molecule has 5 aromatic rings. The highest BCUT2D eigenvalue weighted by atomic mass is 16.5. The van der Waals surface area contributed by atoms with Crippen molar-refractivity contribution in [1.82, 2.24) is 30.1 Å². The third-order valence-electron chi connectivity index (χ3n) is 7.96. The van der Waals surface area contributed by atoms with E-state index in [-0.39, 0.29) is 5.56 Å². The molecule has 0 bridgehead atoms. The number of aromatic amines is 1. The topological polar surface area (TPSA) is 92.2 Å². The van der Waals surface area contributed by atoms with E-state index in [4.69, 9.17) is 4.74 Å². The lowest BCUT2D eigenvalue weighted by Gasteiger charge is -2.40. The van der Waals surface area contributed by atoms with Crippen molar-refractivity contribution in [2.75, 3.05) is 38.2 Å². The van der Waals surface area contributed by atoms with Gasteiger partial charge in [-0.25, -0.2) is 4.68 Å². The molecular formula is C31H33N7O2. The predicted molar refractivity (Wildman–Crippen MR) is 156 cm³/mol. The van der Waals surface area contributed by atoms with Gasteiger partial charge in [0.25, 0.3) is 5.56 Å². The number of piperazine rings is 1. The quantitative estimate of drug-likeness (QED) is 0.336. The van der Waals surface area contributed by atoms with Crippen molar-refractivity contribution in [2.45, 2.75) is 26.4 Å². The fourth-order valence-corrected chi connectivity index (χ4v) is 5.63. The van der Waals surface area contributed by atoms with E-state index in [1.165, 1.54) is 0 Å². The fraction of sp³-hybridized carbons (Fsp3) is 0.290. The number of fused-ring (bicyclic) bond motifs is 1. The molecule has 3 aromatic carbocycles. The summed E-state index contributed by atoms with van der Waals surface area (Å²) >= 11 is 0. The van der Waals surface area contributed by atoms with Crippen LogP contribution in [0.4, 0.5) is 5.69 Å². The van der Waals surface area contributed by atoms with Gasteiger partial charge >= 0.3 is 0 Å². The van der Waals surface area contributed by atoms with Crippen LogP contribution in [-0.4, -0.2) is 63.4 Å². The summed E-state index contributed by atoms with van der Waals surface area (Å²) in [6.45, 7) is 7.63. The summed E-state index contributed by atoms with van der Waals surface area (Å²) in [4.78, 5) is 21.6. The highest BCUT2D eigenvalue weighted by molar-refractivity contribution is 5.83. The lowest BCUT2D eigenvalue weighted by atomic mass is 9.99. The summed E-state index contributed by atoms with van der Waals surface area (Å²) in [6, 6.07) is 24.0. The number of H-pyrrole nitrogens is 1. The zero-order valence-corrected chi connectivity index (χ0v) is 23.0. The number of aryl methyl sites for hydroxylation is 2. The Morgan fingerprint density at radius 2 is 1.70 bits per heavy atom. The van der Waals surface area contributed by atoms with Crippen LogP contribution in [0.15, 0.2) is 77.6 Å². The van der Waals surface area contributed by atoms with Gasteiger partial charge in [-0.2, -0.15) is 0 Å². The predicted octanol–water partition coefficient (Wildman–Crippen LogP) is 4.10. The smallest absolute Gasteiger partial charge is 0.253 e. The number of benzene rings is 3. The van der Waals surface area contributed by atoms with Crippen LogP contribution < -0.4 is 15.2 Å². The maximum atomic E-state index is 13.7. The van der Waals surface area contributed by atoms with Crippen LogP contribution in [-0.2, 0) is 6.54 Å². The molecule has 0 amide bonds. The molecule has 1 aliphatic heterocycles. The average Bonchev–Trinajstić information content (AvgIpc) is 3.44. The summed E-state index contributed by atoms with van der Waals surface area (Å²) < 4.78 is 7.43. The molecular weight excluding hydrogens is 502 g/mol. The Morgan fingerprint density at radius 3 is 2.48 bits per heavy atom. The number of hydrogen-bond acceptors (Lipinski definition) is 7. The molecule has 6 rings (SSSR count). The fourth-order valence-electron chi connectivity index (χ4n) is 5.63. The number of rotatable bonds is 7. The molecule has 0 radical (unpaired) electrons. The maximum absolute atomic E-state index is 13.7. The van der Waals surface area contributed by atoms with Crippen molar-refractivity contribution in [3.8, 4) is 5.75 Å². The lowest BCUT2D eigenvalue weighted by molar-refractivity contribution is 0.200. The Kier molecular flexibility index (Phi) is 7.04. The van der Waals surface area contributed by atoms with E-state index in [1.807, 2.05) is 54.1 Å². The monoisotopic (exact) mass is 535 g/mol. The van der Waals surface area contributed by atoms with Crippen molar-refractivity contribution in [2.24, 2.45) is 0 Å². The van der Waals surface area contributed by atoms with Gasteiger partial charge in [-0.05, 0) is 64.5 Å². The summed E-state index contributed by atoms with van der Waals surface area (Å²) in [5, 5.41) is 13.9. The molecule has 0 saturated carbocycles. The Labute approximate surface area is 233 Å². The number of ether oxygens (including phenoxy) is 1. The van der Waals surface area contributed by atoms with Crippen LogP contribution in [0.1, 0.15) is 34.1 Å². The number of anilines is 1. The molecule has 40 heavy (non-hydrogen) atoms. The number of methoxy groups -OCH3 is 1. The van der Waals surface area contributed by atoms with Gasteiger partial charge in [0.2, 0.25) is 0 Å². The van der Waals surface area contributed by atoms with Crippen molar-refractivity contribution in [3.05, 3.63) is 111 Å². The van der Waals surface area contributed by atoms with E-state index in [2.05, 4.69) is 67.6 Å². The van der Waals surface area contributed by atoms with E-state index < -0.39 is 6.04 Å². The third-order valence-corrected chi connectivity index (χ3v) is 7.96. The highest BCUT2D eigenvalue weighted by Gasteiger charge is 2.33. The Bertz CT molecular complexity index is 1690. The second-order valence-corrected chi connectivity index (χ2v) is 10.3. The van der Waals surface area contributed by atoms with E-state index in [0.717, 1.165) is 65.2 Å². The largest absolute Gasteiger partial charge is 0.495 e. The Balaban J connectivity index is 1.40. The van der Waals surface area contributed by atoms with E-state index in [9.17, 15) is 4.79 Å². The molecule has 1 N–H and O–H groups in total. The molecule has 0 aliphatic carbocycles. The van der Waals surface area contributed by atoms with Crippen LogP contribution in [0.5, 0.6) is 5.75 Å². The number of tetrazole rings is 1. The van der Waals surface area contributed by atoms with E-state index in [0.29, 0.717) is 17.9 Å². The highest BCUT2D eigenvalue weighted by Crippen LogP contribution is 2.32. The van der Waals surface area contributed by atoms with Crippen molar-refractivity contribution >= 4 is 16.6 Å². The minimum Gasteiger partial charge on any atom is -0.495 e. The van der Waals surface area contributed by atoms with Gasteiger partial charge in [-0.1, -0.05) is 54.6 Å². The summed E-state index contributed by atoms with van der Waals surface area (Å²) in [5.41, 5.74) is 5.79. The van der Waals surface area contributed by atoms with Crippen LogP contribution >= 0.6 is 0 Å². The maximum Gasteiger partial charge on any atom is 0.253 e. The minimum atomic E-state index is -0.409. The van der Waals surface area contributed by atoms with E-state index in [1.54, 1.807) is 7.11 Å². The van der Waals surface area contributed by atoms with Crippen LogP contribution in [0.25, 0.3) is 10.9 Å². The van der Waals surface area contributed by atoms with Gasteiger partial charge in [0, 0.05) is 31.7 Å². The lowest BCUT2D eigenvalue weighted by Crippen LogP contribution is -2.49. The molecule has 1 fully saturated rings. The number of hydrogen-bond donors (Lipinski definition) is 1. The molecule has 9 heteroatoms. The van der Waals surface area contributed by atoms with Gasteiger partial charge in [0.05, 0.1) is 24.9 Å². The first-order valence-electron chi connectivity index (χ1n) is 13.6. The van der Waals surface area contributed by atoms with Gasteiger partial charge in [-0.15, -0.1) is 5.10 Å². The van der Waals surface area contributed by atoms with Crippen LogP contribution in [0.3, 0.4) is 0 Å². The minimum absolute atomic E-state index is 0.118. The van der Waals surface area contributed by atoms with Crippen LogP contribution in [0, 0.1) is 13.8 Å². The molecule has 1 aliphatic rings. The standard InChI is InChI=1S/C31H33N7O2/c1-21-13-14-24-19-25(31(39)32-28(24)22(21)2)29(30-33-34-35-38(30)20-23-9-5-4-6-10-23)37-17-15-36(16-18-37)26-11-7-8-12-27(26)40-3/h4-14,19,29H,15-18,20H2,1-3H3,(H,32,39). The Morgan fingerprint density at radius 1 is 0.950 bits per heavy atom. The third kappa shape index (κ3) is 4.84. The normalized spacial score (nSPS) is 14.9. The molecule has 3 heterocycles.